The molecule has 2 rings (SSSR count). The number of hydrogen-bond acceptors (Lipinski definition) is 2. The first-order valence-corrected chi connectivity index (χ1v) is 5.68. The molecule has 0 fully saturated rings. The second-order valence-corrected chi connectivity index (χ2v) is 4.07. The topological polar surface area (TPSA) is 35.9 Å². The molecule has 0 saturated carbocycles. The third kappa shape index (κ3) is 2.94. The van der Waals surface area contributed by atoms with E-state index < -0.39 is 0 Å². The van der Waals surface area contributed by atoms with Crippen LogP contribution in [0.15, 0.2) is 48.5 Å². The zero-order valence-corrected chi connectivity index (χ0v) is 9.90. The molecule has 0 bridgehead atoms. The van der Waals surface area contributed by atoms with Crippen LogP contribution in [0.5, 0.6) is 0 Å². The van der Waals surface area contributed by atoms with E-state index in [1.807, 2.05) is 37.3 Å². The van der Waals surface area contributed by atoms with Crippen LogP contribution in [0, 0.1) is 12.3 Å². The third-order valence-electron chi connectivity index (χ3n) is 2.69. The average Bonchev–Trinajstić information content (AvgIpc) is 2.38. The molecule has 0 unspecified atom stereocenters. The summed E-state index contributed by atoms with van der Waals surface area (Å²) in [6.45, 7) is 2.82. The molecular formula is C15H16N2. The van der Waals surface area contributed by atoms with Gasteiger partial charge in [-0.2, -0.15) is 0 Å². The maximum Gasteiger partial charge on any atom is 0.0431 e. The molecule has 0 aromatic heterocycles. The maximum atomic E-state index is 7.40. The van der Waals surface area contributed by atoms with Crippen molar-refractivity contribution in [3.8, 4) is 0 Å². The molecule has 2 aromatic carbocycles. The maximum absolute atomic E-state index is 7.40. The van der Waals surface area contributed by atoms with Crippen molar-refractivity contribution in [2.24, 2.45) is 0 Å². The summed E-state index contributed by atoms with van der Waals surface area (Å²) in [6.07, 6.45) is 1.39. The summed E-state index contributed by atoms with van der Waals surface area (Å²) in [5.74, 6) is 0. The Morgan fingerprint density at radius 1 is 1.12 bits per heavy atom. The van der Waals surface area contributed by atoms with Gasteiger partial charge in [0.1, 0.15) is 0 Å². The Balaban J connectivity index is 2.11. The van der Waals surface area contributed by atoms with Crippen LogP contribution in [0.4, 0.5) is 5.69 Å². The zero-order chi connectivity index (χ0) is 12.1. The van der Waals surface area contributed by atoms with Gasteiger partial charge in [-0.15, -0.1) is 0 Å². The van der Waals surface area contributed by atoms with Gasteiger partial charge in [-0.05, 0) is 24.6 Å². The lowest BCUT2D eigenvalue weighted by Gasteiger charge is -2.10. The van der Waals surface area contributed by atoms with Gasteiger partial charge in [0.25, 0.3) is 0 Å². The molecule has 0 aliphatic rings. The quantitative estimate of drug-likeness (QED) is 0.765. The molecule has 17 heavy (non-hydrogen) atoms. The first-order valence-electron chi connectivity index (χ1n) is 5.68. The van der Waals surface area contributed by atoms with E-state index in [9.17, 15) is 0 Å². The van der Waals surface area contributed by atoms with E-state index in [0.29, 0.717) is 0 Å². The summed E-state index contributed by atoms with van der Waals surface area (Å²) in [6, 6.07) is 16.3. The van der Waals surface area contributed by atoms with Crippen LogP contribution in [0.25, 0.3) is 0 Å². The Hall–Kier alpha value is -2.09. The van der Waals surface area contributed by atoms with Crippen molar-refractivity contribution in [1.82, 2.24) is 0 Å². The predicted octanol–water partition coefficient (Wildman–Crippen LogP) is 3.60. The first-order chi connectivity index (χ1) is 8.29. The summed E-state index contributed by atoms with van der Waals surface area (Å²) >= 11 is 0. The Labute approximate surface area is 102 Å². The van der Waals surface area contributed by atoms with Crippen molar-refractivity contribution in [1.29, 1.82) is 5.41 Å². The summed E-state index contributed by atoms with van der Waals surface area (Å²) in [7, 11) is 0. The largest absolute Gasteiger partial charge is 0.380 e. The third-order valence-corrected chi connectivity index (χ3v) is 2.69. The van der Waals surface area contributed by atoms with E-state index in [1.54, 1.807) is 0 Å². The fraction of sp³-hybridized carbons (Fsp3) is 0.133. The van der Waals surface area contributed by atoms with Crippen molar-refractivity contribution in [3.05, 3.63) is 65.2 Å². The standard InChI is InChI=1S/C15H16N2/c1-12-7-8-15(14(9-12)10-16)17-11-13-5-3-2-4-6-13/h2-10,16-17H,11H2,1H3. The van der Waals surface area contributed by atoms with Crippen LogP contribution in [0.2, 0.25) is 0 Å². The summed E-state index contributed by atoms with van der Waals surface area (Å²) in [5.41, 5.74) is 4.35. The zero-order valence-electron chi connectivity index (χ0n) is 9.90. The highest BCUT2D eigenvalue weighted by Gasteiger charge is 1.99. The van der Waals surface area contributed by atoms with Crippen molar-refractivity contribution < 1.29 is 0 Å². The van der Waals surface area contributed by atoms with E-state index >= 15 is 0 Å². The SMILES string of the molecule is Cc1ccc(NCc2ccccc2)c(C=N)c1. The lowest BCUT2D eigenvalue weighted by molar-refractivity contribution is 1.15. The fourth-order valence-electron chi connectivity index (χ4n) is 1.76. The number of hydrogen-bond donors (Lipinski definition) is 2. The highest BCUT2D eigenvalue weighted by Crippen LogP contribution is 2.16. The molecule has 0 spiro atoms. The Morgan fingerprint density at radius 3 is 2.59 bits per heavy atom. The highest BCUT2D eigenvalue weighted by molar-refractivity contribution is 5.86. The molecule has 2 N–H and O–H groups in total. The van der Waals surface area contributed by atoms with Gasteiger partial charge in [-0.25, -0.2) is 0 Å². The fourth-order valence-corrected chi connectivity index (χ4v) is 1.76. The molecule has 86 valence electrons. The molecule has 0 heterocycles. The smallest absolute Gasteiger partial charge is 0.0431 e. The molecule has 0 aliphatic carbocycles. The second-order valence-electron chi connectivity index (χ2n) is 4.07. The van der Waals surface area contributed by atoms with Gasteiger partial charge < -0.3 is 10.7 Å². The lowest BCUT2D eigenvalue weighted by Crippen LogP contribution is -2.02. The van der Waals surface area contributed by atoms with Crippen LogP contribution >= 0.6 is 0 Å². The number of aryl methyl sites for hydroxylation is 1. The van der Waals surface area contributed by atoms with Crippen LogP contribution in [-0.2, 0) is 6.54 Å². The molecule has 0 amide bonds. The van der Waals surface area contributed by atoms with E-state index in [1.165, 1.54) is 17.3 Å². The highest BCUT2D eigenvalue weighted by atomic mass is 14.9. The summed E-state index contributed by atoms with van der Waals surface area (Å²) in [5, 5.41) is 10.8. The van der Waals surface area contributed by atoms with E-state index in [2.05, 4.69) is 23.5 Å². The van der Waals surface area contributed by atoms with Gasteiger partial charge in [-0.3, -0.25) is 0 Å². The minimum Gasteiger partial charge on any atom is -0.380 e. The van der Waals surface area contributed by atoms with Gasteiger partial charge in [0.05, 0.1) is 0 Å². The molecule has 0 saturated heterocycles. The minimum atomic E-state index is 0.782. The Kier molecular flexibility index (Phi) is 3.55. The van der Waals surface area contributed by atoms with Gasteiger partial charge in [0, 0.05) is 24.0 Å². The first kappa shape index (κ1) is 11.4. The van der Waals surface area contributed by atoms with E-state index in [-0.39, 0.29) is 0 Å². The molecule has 2 aromatic rings. The van der Waals surface area contributed by atoms with E-state index in [0.717, 1.165) is 17.8 Å². The number of benzene rings is 2. The van der Waals surface area contributed by atoms with Crippen molar-refractivity contribution in [2.75, 3.05) is 5.32 Å². The predicted molar refractivity (Wildman–Crippen MR) is 72.8 cm³/mol. The van der Waals surface area contributed by atoms with Gasteiger partial charge in [0.2, 0.25) is 0 Å². The van der Waals surface area contributed by atoms with E-state index in [4.69, 9.17) is 5.41 Å². The number of anilines is 1. The molecule has 2 nitrogen and oxygen atoms in total. The van der Waals surface area contributed by atoms with Crippen LogP contribution in [0.1, 0.15) is 16.7 Å². The summed E-state index contributed by atoms with van der Waals surface area (Å²) < 4.78 is 0. The monoisotopic (exact) mass is 224 g/mol. The minimum absolute atomic E-state index is 0.782. The van der Waals surface area contributed by atoms with Crippen molar-refractivity contribution >= 4 is 11.9 Å². The van der Waals surface area contributed by atoms with Crippen molar-refractivity contribution in [3.63, 3.8) is 0 Å². The van der Waals surface area contributed by atoms with Gasteiger partial charge >= 0.3 is 0 Å². The second kappa shape index (κ2) is 5.30. The van der Waals surface area contributed by atoms with Gasteiger partial charge in [-0.1, -0.05) is 42.0 Å². The number of rotatable bonds is 4. The van der Waals surface area contributed by atoms with Crippen LogP contribution in [0.3, 0.4) is 0 Å². The normalized spacial score (nSPS) is 9.94. The summed E-state index contributed by atoms with van der Waals surface area (Å²) in [4.78, 5) is 0. The van der Waals surface area contributed by atoms with Gasteiger partial charge in [0.15, 0.2) is 0 Å². The Bertz CT molecular complexity index is 504. The average molecular weight is 224 g/mol. The van der Waals surface area contributed by atoms with Crippen LogP contribution in [-0.4, -0.2) is 6.21 Å². The van der Waals surface area contributed by atoms with Crippen molar-refractivity contribution in [2.45, 2.75) is 13.5 Å². The molecular weight excluding hydrogens is 208 g/mol. The lowest BCUT2D eigenvalue weighted by atomic mass is 10.1. The Morgan fingerprint density at radius 2 is 1.88 bits per heavy atom. The molecule has 0 radical (unpaired) electrons. The molecule has 0 atom stereocenters. The van der Waals surface area contributed by atoms with Crippen LogP contribution < -0.4 is 5.32 Å². The molecule has 0 aliphatic heterocycles. The number of nitrogens with one attached hydrogen (secondary N) is 2. The molecule has 2 heteroatoms.